The third-order valence-corrected chi connectivity index (χ3v) is 5.41. The number of nitrogens with one attached hydrogen (secondary N) is 5. The van der Waals surface area contributed by atoms with E-state index in [2.05, 4.69) is 45.9 Å². The van der Waals surface area contributed by atoms with Crippen LogP contribution in [0.25, 0.3) is 10.9 Å². The maximum atomic E-state index is 13.8. The van der Waals surface area contributed by atoms with Crippen molar-refractivity contribution in [1.29, 1.82) is 0 Å². The van der Waals surface area contributed by atoms with Gasteiger partial charge in [-0.3, -0.25) is 14.7 Å². The van der Waals surface area contributed by atoms with Gasteiger partial charge in [0.15, 0.2) is 17.5 Å². The van der Waals surface area contributed by atoms with Crippen molar-refractivity contribution >= 4 is 40.5 Å². The van der Waals surface area contributed by atoms with Crippen LogP contribution < -0.4 is 26.0 Å². The van der Waals surface area contributed by atoms with Crippen molar-refractivity contribution in [2.24, 2.45) is 4.99 Å². The lowest BCUT2D eigenvalue weighted by atomic mass is 10.1. The molecule has 2 heterocycles. The number of rotatable bonds is 9. The van der Waals surface area contributed by atoms with Crippen LogP contribution in [0.15, 0.2) is 41.5 Å². The molecule has 2 aromatic carbocycles. The van der Waals surface area contributed by atoms with Crippen molar-refractivity contribution in [3.8, 4) is 5.75 Å². The monoisotopic (exact) mass is 567 g/mol. The maximum absolute atomic E-state index is 13.8. The summed E-state index contributed by atoms with van der Waals surface area (Å²) in [6.07, 6.45) is -3.20. The Bertz CT molecular complexity index is 1450. The first-order valence-electron chi connectivity index (χ1n) is 11.5. The molecule has 0 bridgehead atoms. The van der Waals surface area contributed by atoms with Gasteiger partial charge < -0.3 is 35.8 Å². The van der Waals surface area contributed by atoms with Crippen molar-refractivity contribution in [1.82, 2.24) is 26.1 Å². The molecule has 1 aromatic heterocycles. The van der Waals surface area contributed by atoms with Crippen LogP contribution in [0.2, 0.25) is 0 Å². The molecule has 1 unspecified atom stereocenters. The molecule has 0 fully saturated rings. The van der Waals surface area contributed by atoms with Gasteiger partial charge in [0.1, 0.15) is 6.17 Å². The van der Waals surface area contributed by atoms with Crippen molar-refractivity contribution in [2.75, 3.05) is 25.0 Å². The Hall–Kier alpha value is -5.09. The standard InChI is InChI=1S/C23H21F4N7O6/c24-12-6-29-22(30-7-12)32-15-3-11(4-16-13(15)8-31-34-16)19(36)28-9-18(35)33-20(40-23(37)38)10-1-2-14(25)17(5-10)39-21(26)27/h1-5,8,12,20-21H,6-7,9H2,(H,28,36)(H,31,34)(H,33,35)(H,37,38)(H2,29,30,32)/t20-/m0/s1. The van der Waals surface area contributed by atoms with E-state index in [1.807, 2.05) is 0 Å². The zero-order valence-electron chi connectivity index (χ0n) is 20.2. The van der Waals surface area contributed by atoms with Crippen LogP contribution in [0.4, 0.5) is 28.0 Å². The number of ether oxygens (including phenoxy) is 2. The predicted molar refractivity (Wildman–Crippen MR) is 130 cm³/mol. The Morgan fingerprint density at radius 1 is 1.20 bits per heavy atom. The molecule has 13 nitrogen and oxygen atoms in total. The second-order valence-electron chi connectivity index (χ2n) is 8.23. The van der Waals surface area contributed by atoms with Crippen LogP contribution in [0.3, 0.4) is 0 Å². The highest BCUT2D eigenvalue weighted by molar-refractivity contribution is 6.07. The molecule has 4 rings (SSSR count). The molecule has 2 atom stereocenters. The molecule has 212 valence electrons. The Kier molecular flexibility index (Phi) is 8.51. The van der Waals surface area contributed by atoms with Crippen LogP contribution in [0.1, 0.15) is 22.1 Å². The van der Waals surface area contributed by atoms with Crippen LogP contribution in [-0.4, -0.2) is 71.7 Å². The quantitative estimate of drug-likeness (QED) is 0.129. The average Bonchev–Trinajstić information content (AvgIpc) is 3.38. The fourth-order valence-electron chi connectivity index (χ4n) is 3.63. The smallest absolute Gasteiger partial charge is 0.450 e. The topological polar surface area (TPSA) is 179 Å². The molecule has 0 aliphatic carbocycles. The Labute approximate surface area is 221 Å². The van der Waals surface area contributed by atoms with Gasteiger partial charge in [-0.25, -0.2) is 18.6 Å². The molecule has 40 heavy (non-hydrogen) atoms. The number of anilines is 1. The zero-order chi connectivity index (χ0) is 28.8. The van der Waals surface area contributed by atoms with Crippen molar-refractivity contribution < 1.29 is 46.5 Å². The number of fused-ring (bicyclic) bond motifs is 1. The number of guanidine groups is 1. The van der Waals surface area contributed by atoms with Crippen LogP contribution in [0, 0.1) is 5.82 Å². The van der Waals surface area contributed by atoms with Crippen molar-refractivity contribution in [3.63, 3.8) is 0 Å². The summed E-state index contributed by atoms with van der Waals surface area (Å²) in [6, 6.07) is 5.37. The molecule has 2 amide bonds. The van der Waals surface area contributed by atoms with Gasteiger partial charge in [-0.15, -0.1) is 0 Å². The highest BCUT2D eigenvalue weighted by Gasteiger charge is 2.23. The number of carbonyl (C=O) groups excluding carboxylic acids is 2. The normalized spacial score (nSPS) is 15.5. The second kappa shape index (κ2) is 12.2. The van der Waals surface area contributed by atoms with Gasteiger partial charge in [0, 0.05) is 16.5 Å². The van der Waals surface area contributed by atoms with Crippen LogP contribution in [-0.2, 0) is 9.53 Å². The lowest BCUT2D eigenvalue weighted by Crippen LogP contribution is -2.41. The summed E-state index contributed by atoms with van der Waals surface area (Å²) in [5.41, 5.74) is 0.750. The minimum absolute atomic E-state index is 0.0375. The molecule has 3 aromatic rings. The number of hydrogen-bond donors (Lipinski definition) is 6. The molecular formula is C23H21F4N7O6. The van der Waals surface area contributed by atoms with Gasteiger partial charge in [-0.1, -0.05) is 6.07 Å². The first-order valence-corrected chi connectivity index (χ1v) is 11.5. The van der Waals surface area contributed by atoms with Gasteiger partial charge >= 0.3 is 12.8 Å². The Morgan fingerprint density at radius 3 is 2.70 bits per heavy atom. The van der Waals surface area contributed by atoms with E-state index in [1.165, 1.54) is 18.3 Å². The number of halogens is 4. The molecule has 0 radical (unpaired) electrons. The molecule has 17 heteroatoms. The molecule has 1 aliphatic rings. The fraction of sp³-hybridized carbons (Fsp3) is 0.261. The number of alkyl halides is 3. The first kappa shape index (κ1) is 27.9. The predicted octanol–water partition coefficient (Wildman–Crippen LogP) is 2.25. The SMILES string of the molecule is O=C(CNC(=O)c1cc(NC2=NCC(F)CN2)c2cn[nH]c2c1)N[C@@H](OC(=O)O)c1ccc(F)c(OC(F)F)c1. The summed E-state index contributed by atoms with van der Waals surface area (Å²) in [7, 11) is 0. The highest BCUT2D eigenvalue weighted by atomic mass is 19.3. The number of nitrogens with zero attached hydrogens (tertiary/aromatic N) is 2. The van der Waals surface area contributed by atoms with E-state index in [1.54, 1.807) is 0 Å². The molecular weight excluding hydrogens is 546 g/mol. The minimum atomic E-state index is -3.36. The summed E-state index contributed by atoms with van der Waals surface area (Å²) in [4.78, 5) is 40.5. The number of H-pyrrole nitrogens is 1. The third-order valence-electron chi connectivity index (χ3n) is 5.41. The number of aromatic amines is 1. The lowest BCUT2D eigenvalue weighted by molar-refractivity contribution is -0.123. The van der Waals surface area contributed by atoms with E-state index in [9.17, 15) is 31.9 Å². The van der Waals surface area contributed by atoms with Gasteiger partial charge in [-0.05, 0) is 24.3 Å². The first-order chi connectivity index (χ1) is 19.1. The van der Waals surface area contributed by atoms with Gasteiger partial charge in [0.25, 0.3) is 5.91 Å². The van der Waals surface area contributed by atoms with E-state index in [-0.39, 0.29) is 24.2 Å². The number of aromatic nitrogens is 2. The molecule has 0 saturated heterocycles. The van der Waals surface area contributed by atoms with Crippen molar-refractivity contribution in [3.05, 3.63) is 53.5 Å². The number of hydrogen-bond acceptors (Lipinski definition) is 9. The number of aliphatic imine (C=N–C) groups is 1. The number of carbonyl (C=O) groups is 3. The van der Waals surface area contributed by atoms with Crippen LogP contribution in [0.5, 0.6) is 5.75 Å². The molecule has 1 aliphatic heterocycles. The van der Waals surface area contributed by atoms with Gasteiger partial charge in [0.05, 0.1) is 37.0 Å². The summed E-state index contributed by atoms with van der Waals surface area (Å²) in [5, 5.41) is 26.5. The van der Waals surface area contributed by atoms with E-state index in [0.717, 1.165) is 18.2 Å². The van der Waals surface area contributed by atoms with Gasteiger partial charge in [0.2, 0.25) is 12.1 Å². The Morgan fingerprint density at radius 2 is 2.00 bits per heavy atom. The molecule has 0 saturated carbocycles. The van der Waals surface area contributed by atoms with E-state index >= 15 is 0 Å². The van der Waals surface area contributed by atoms with Crippen molar-refractivity contribution in [2.45, 2.75) is 19.0 Å². The molecule has 0 spiro atoms. The Balaban J connectivity index is 1.44. The summed E-state index contributed by atoms with van der Waals surface area (Å²) >= 11 is 0. The van der Waals surface area contributed by atoms with Crippen LogP contribution >= 0.6 is 0 Å². The maximum Gasteiger partial charge on any atom is 0.507 e. The minimum Gasteiger partial charge on any atom is -0.450 e. The summed E-state index contributed by atoms with van der Waals surface area (Å²) in [5.74, 6) is -3.39. The summed E-state index contributed by atoms with van der Waals surface area (Å²) in [6.45, 7) is -4.00. The van der Waals surface area contributed by atoms with E-state index in [4.69, 9.17) is 5.11 Å². The van der Waals surface area contributed by atoms with E-state index in [0.29, 0.717) is 22.5 Å². The third kappa shape index (κ3) is 7.06. The highest BCUT2D eigenvalue weighted by Crippen LogP contribution is 2.26. The largest absolute Gasteiger partial charge is 0.507 e. The average molecular weight is 567 g/mol. The second-order valence-corrected chi connectivity index (χ2v) is 8.23. The summed E-state index contributed by atoms with van der Waals surface area (Å²) < 4.78 is 60.8. The number of benzene rings is 2. The number of carboxylic acid groups (broad SMARTS) is 1. The van der Waals surface area contributed by atoms with Gasteiger partial charge in [-0.2, -0.15) is 13.9 Å². The molecule has 6 N–H and O–H groups in total. The fourth-order valence-corrected chi connectivity index (χ4v) is 3.63. The zero-order valence-corrected chi connectivity index (χ0v) is 20.2. The number of amides is 2. The lowest BCUT2D eigenvalue weighted by Gasteiger charge is -2.20. The van der Waals surface area contributed by atoms with E-state index < -0.39 is 55.1 Å².